The third-order valence-corrected chi connectivity index (χ3v) is 2.23. The molecular formula is C9H10ClNO2. The summed E-state index contributed by atoms with van der Waals surface area (Å²) in [5.41, 5.74) is 0. The van der Waals surface area contributed by atoms with Crippen molar-refractivity contribution in [1.29, 1.82) is 0 Å². The molecule has 1 unspecified atom stereocenters. The van der Waals surface area contributed by atoms with Crippen molar-refractivity contribution < 1.29 is 9.47 Å². The lowest BCUT2D eigenvalue weighted by Gasteiger charge is -2.11. The predicted octanol–water partition coefficient (Wildman–Crippen LogP) is 1.90. The molecule has 0 saturated carbocycles. The van der Waals surface area contributed by atoms with Gasteiger partial charge in [0.1, 0.15) is 6.10 Å². The van der Waals surface area contributed by atoms with Crippen molar-refractivity contribution in [3.8, 4) is 5.75 Å². The van der Waals surface area contributed by atoms with Gasteiger partial charge in [-0.3, -0.25) is 4.98 Å². The van der Waals surface area contributed by atoms with Gasteiger partial charge in [0.25, 0.3) is 0 Å². The van der Waals surface area contributed by atoms with Crippen molar-refractivity contribution in [2.75, 3.05) is 13.2 Å². The number of rotatable bonds is 2. The van der Waals surface area contributed by atoms with Crippen LogP contribution < -0.4 is 4.74 Å². The summed E-state index contributed by atoms with van der Waals surface area (Å²) >= 11 is 5.90. The topological polar surface area (TPSA) is 31.4 Å². The summed E-state index contributed by atoms with van der Waals surface area (Å²) in [6, 6.07) is 1.71. The van der Waals surface area contributed by atoms with Gasteiger partial charge in [-0.2, -0.15) is 0 Å². The van der Waals surface area contributed by atoms with Gasteiger partial charge in [-0.1, -0.05) is 11.6 Å². The Morgan fingerprint density at radius 3 is 3.23 bits per heavy atom. The standard InChI is InChI=1S/C9H10ClNO2/c10-8-1-3-11-5-9(8)13-7-2-4-12-6-7/h1,3,5,7H,2,4,6H2. The number of nitrogens with zero attached hydrogens (tertiary/aromatic N) is 1. The van der Waals surface area contributed by atoms with Gasteiger partial charge in [0.2, 0.25) is 0 Å². The summed E-state index contributed by atoms with van der Waals surface area (Å²) in [6.07, 6.45) is 4.31. The van der Waals surface area contributed by atoms with Gasteiger partial charge in [0.05, 0.1) is 24.4 Å². The molecule has 1 saturated heterocycles. The summed E-state index contributed by atoms with van der Waals surface area (Å²) in [6.45, 7) is 1.41. The van der Waals surface area contributed by atoms with Crippen molar-refractivity contribution in [2.45, 2.75) is 12.5 Å². The highest BCUT2D eigenvalue weighted by Crippen LogP contribution is 2.24. The van der Waals surface area contributed by atoms with Crippen LogP contribution >= 0.6 is 11.6 Å². The molecule has 0 radical (unpaired) electrons. The Balaban J connectivity index is 2.04. The zero-order valence-corrected chi connectivity index (χ0v) is 7.83. The molecule has 1 fully saturated rings. The van der Waals surface area contributed by atoms with Gasteiger partial charge < -0.3 is 9.47 Å². The highest BCUT2D eigenvalue weighted by Gasteiger charge is 2.18. The lowest BCUT2D eigenvalue weighted by Crippen LogP contribution is -2.15. The summed E-state index contributed by atoms with van der Waals surface area (Å²) in [5, 5.41) is 0.599. The maximum Gasteiger partial charge on any atom is 0.156 e. The molecule has 2 rings (SSSR count). The Kier molecular flexibility index (Phi) is 2.66. The molecule has 0 spiro atoms. The zero-order valence-electron chi connectivity index (χ0n) is 7.07. The molecule has 0 aliphatic carbocycles. The van der Waals surface area contributed by atoms with Crippen LogP contribution in [0.3, 0.4) is 0 Å². The van der Waals surface area contributed by atoms with Crippen LogP contribution in [0.2, 0.25) is 5.02 Å². The fourth-order valence-electron chi connectivity index (χ4n) is 1.24. The number of aromatic nitrogens is 1. The van der Waals surface area contributed by atoms with Gasteiger partial charge in [-0.15, -0.1) is 0 Å². The second-order valence-corrected chi connectivity index (χ2v) is 3.32. The van der Waals surface area contributed by atoms with E-state index in [0.29, 0.717) is 17.4 Å². The summed E-state index contributed by atoms with van der Waals surface area (Å²) in [5.74, 6) is 0.639. The Labute approximate surface area is 81.6 Å². The fourth-order valence-corrected chi connectivity index (χ4v) is 1.38. The second-order valence-electron chi connectivity index (χ2n) is 2.91. The van der Waals surface area contributed by atoms with E-state index < -0.39 is 0 Å². The quantitative estimate of drug-likeness (QED) is 0.729. The Morgan fingerprint density at radius 1 is 1.62 bits per heavy atom. The van der Waals surface area contributed by atoms with E-state index in [9.17, 15) is 0 Å². The number of pyridine rings is 1. The molecule has 0 amide bonds. The normalized spacial score (nSPS) is 21.8. The molecule has 0 bridgehead atoms. The minimum atomic E-state index is 0.127. The molecule has 1 atom stereocenters. The van der Waals surface area contributed by atoms with E-state index in [-0.39, 0.29) is 6.10 Å². The number of hydrogen-bond donors (Lipinski definition) is 0. The molecular weight excluding hydrogens is 190 g/mol. The Morgan fingerprint density at radius 2 is 2.54 bits per heavy atom. The number of ether oxygens (including phenoxy) is 2. The Bertz CT molecular complexity index is 287. The van der Waals surface area contributed by atoms with Crippen molar-refractivity contribution in [3.05, 3.63) is 23.5 Å². The first-order chi connectivity index (χ1) is 6.36. The lowest BCUT2D eigenvalue weighted by molar-refractivity contribution is 0.141. The van der Waals surface area contributed by atoms with Gasteiger partial charge >= 0.3 is 0 Å². The van der Waals surface area contributed by atoms with Crippen LogP contribution in [0.5, 0.6) is 5.75 Å². The van der Waals surface area contributed by atoms with Gasteiger partial charge in [0.15, 0.2) is 5.75 Å². The highest BCUT2D eigenvalue weighted by molar-refractivity contribution is 6.31. The highest BCUT2D eigenvalue weighted by atomic mass is 35.5. The van der Waals surface area contributed by atoms with Crippen molar-refractivity contribution in [1.82, 2.24) is 4.98 Å². The van der Waals surface area contributed by atoms with E-state index in [2.05, 4.69) is 4.98 Å². The molecule has 13 heavy (non-hydrogen) atoms. The molecule has 0 N–H and O–H groups in total. The average molecular weight is 200 g/mol. The van der Waals surface area contributed by atoms with Crippen LogP contribution in [-0.2, 0) is 4.74 Å². The molecule has 1 aromatic rings. The van der Waals surface area contributed by atoms with Crippen LogP contribution in [0.15, 0.2) is 18.5 Å². The summed E-state index contributed by atoms with van der Waals surface area (Å²) in [7, 11) is 0. The second kappa shape index (κ2) is 3.94. The number of halogens is 1. The fraction of sp³-hybridized carbons (Fsp3) is 0.444. The van der Waals surface area contributed by atoms with Gasteiger partial charge in [-0.25, -0.2) is 0 Å². The Hall–Kier alpha value is -0.800. The molecule has 1 aromatic heterocycles. The van der Waals surface area contributed by atoms with Crippen molar-refractivity contribution in [2.24, 2.45) is 0 Å². The smallest absolute Gasteiger partial charge is 0.156 e. The van der Waals surface area contributed by atoms with E-state index in [4.69, 9.17) is 21.1 Å². The first kappa shape index (κ1) is 8.78. The van der Waals surface area contributed by atoms with E-state index in [1.54, 1.807) is 18.5 Å². The van der Waals surface area contributed by atoms with E-state index in [1.165, 1.54) is 0 Å². The SMILES string of the molecule is Clc1ccncc1OC1CCOC1. The third-order valence-electron chi connectivity index (χ3n) is 1.92. The van der Waals surface area contributed by atoms with E-state index >= 15 is 0 Å². The molecule has 70 valence electrons. The minimum absolute atomic E-state index is 0.127. The molecule has 4 heteroatoms. The summed E-state index contributed by atoms with van der Waals surface area (Å²) in [4.78, 5) is 3.94. The molecule has 1 aliphatic rings. The maximum atomic E-state index is 5.90. The lowest BCUT2D eigenvalue weighted by atomic mass is 10.3. The maximum absolute atomic E-state index is 5.90. The van der Waals surface area contributed by atoms with Gasteiger partial charge in [-0.05, 0) is 6.07 Å². The van der Waals surface area contributed by atoms with Crippen LogP contribution in [0, 0.1) is 0 Å². The molecule has 1 aliphatic heterocycles. The summed E-state index contributed by atoms with van der Waals surface area (Å²) < 4.78 is 10.8. The van der Waals surface area contributed by atoms with Crippen LogP contribution in [-0.4, -0.2) is 24.3 Å². The van der Waals surface area contributed by atoms with Gasteiger partial charge in [0, 0.05) is 12.6 Å². The minimum Gasteiger partial charge on any atom is -0.485 e. The number of hydrogen-bond acceptors (Lipinski definition) is 3. The van der Waals surface area contributed by atoms with Crippen molar-refractivity contribution >= 4 is 11.6 Å². The molecule has 0 aromatic carbocycles. The zero-order chi connectivity index (χ0) is 9.10. The van der Waals surface area contributed by atoms with Crippen LogP contribution in [0.4, 0.5) is 0 Å². The van der Waals surface area contributed by atoms with Crippen molar-refractivity contribution in [3.63, 3.8) is 0 Å². The average Bonchev–Trinajstić information content (AvgIpc) is 2.61. The predicted molar refractivity (Wildman–Crippen MR) is 49.1 cm³/mol. The third kappa shape index (κ3) is 2.11. The van der Waals surface area contributed by atoms with E-state index in [1.807, 2.05) is 0 Å². The van der Waals surface area contributed by atoms with E-state index in [0.717, 1.165) is 13.0 Å². The monoisotopic (exact) mass is 199 g/mol. The largest absolute Gasteiger partial charge is 0.485 e. The van der Waals surface area contributed by atoms with Crippen LogP contribution in [0.25, 0.3) is 0 Å². The first-order valence-electron chi connectivity index (χ1n) is 4.20. The molecule has 3 nitrogen and oxygen atoms in total. The first-order valence-corrected chi connectivity index (χ1v) is 4.58. The van der Waals surface area contributed by atoms with Crippen LogP contribution in [0.1, 0.15) is 6.42 Å². The molecule has 2 heterocycles.